The van der Waals surface area contributed by atoms with E-state index >= 15 is 0 Å². The average Bonchev–Trinajstić information content (AvgIpc) is 2.72. The van der Waals surface area contributed by atoms with Crippen LogP contribution in [-0.4, -0.2) is 9.55 Å². The van der Waals surface area contributed by atoms with E-state index in [1.165, 1.54) is 0 Å². The van der Waals surface area contributed by atoms with Crippen LogP contribution < -0.4 is 10.5 Å². The van der Waals surface area contributed by atoms with Crippen molar-refractivity contribution in [2.75, 3.05) is 5.73 Å². The molecule has 0 radical (unpaired) electrons. The summed E-state index contributed by atoms with van der Waals surface area (Å²) in [6.07, 6.45) is 3.61. The minimum atomic E-state index is 0.594. The quantitative estimate of drug-likeness (QED) is 0.804. The lowest BCUT2D eigenvalue weighted by Gasteiger charge is -2.10. The number of anilines is 1. The average molecular weight is 217 g/mol. The summed E-state index contributed by atoms with van der Waals surface area (Å²) in [5.41, 5.74) is 7.48. The largest absolute Gasteiger partial charge is 0.425 e. The summed E-state index contributed by atoms with van der Waals surface area (Å²) in [4.78, 5) is 4.15. The van der Waals surface area contributed by atoms with E-state index < -0.39 is 0 Å². The Morgan fingerprint density at radius 3 is 3.00 bits per heavy atom. The number of nitrogens with zero attached hydrogens (tertiary/aromatic N) is 2. The number of rotatable bonds is 3. The molecule has 0 spiro atoms. The Labute approximate surface area is 94.7 Å². The summed E-state index contributed by atoms with van der Waals surface area (Å²) in [5.74, 6) is 0.751. The van der Waals surface area contributed by atoms with Gasteiger partial charge in [0.2, 0.25) is 0 Å². The molecule has 2 aromatic rings. The van der Waals surface area contributed by atoms with Crippen molar-refractivity contribution >= 4 is 5.69 Å². The van der Waals surface area contributed by atoms with E-state index in [1.807, 2.05) is 42.8 Å². The van der Waals surface area contributed by atoms with E-state index in [0.29, 0.717) is 6.01 Å². The van der Waals surface area contributed by atoms with Gasteiger partial charge in [0.05, 0.1) is 0 Å². The van der Waals surface area contributed by atoms with E-state index in [-0.39, 0.29) is 0 Å². The predicted octanol–water partition coefficient (Wildman–Crippen LogP) is 2.59. The van der Waals surface area contributed by atoms with Crippen molar-refractivity contribution in [2.45, 2.75) is 20.4 Å². The summed E-state index contributed by atoms with van der Waals surface area (Å²) in [6, 6.07) is 6.21. The molecule has 84 valence electrons. The second-order valence-corrected chi connectivity index (χ2v) is 3.57. The molecule has 0 unspecified atom stereocenters. The molecule has 0 fully saturated rings. The van der Waals surface area contributed by atoms with Gasteiger partial charge in [0, 0.05) is 30.2 Å². The third kappa shape index (κ3) is 1.86. The molecule has 0 amide bonds. The lowest BCUT2D eigenvalue weighted by atomic mass is 10.2. The van der Waals surface area contributed by atoms with Crippen molar-refractivity contribution in [3.63, 3.8) is 0 Å². The van der Waals surface area contributed by atoms with Crippen molar-refractivity contribution in [1.29, 1.82) is 0 Å². The van der Waals surface area contributed by atoms with Crippen molar-refractivity contribution in [1.82, 2.24) is 9.55 Å². The molecule has 0 aliphatic rings. The van der Waals surface area contributed by atoms with Gasteiger partial charge in [0.15, 0.2) is 0 Å². The Balaban J connectivity index is 2.30. The Bertz CT molecular complexity index is 491. The highest BCUT2D eigenvalue weighted by atomic mass is 16.5. The number of benzene rings is 1. The molecule has 16 heavy (non-hydrogen) atoms. The van der Waals surface area contributed by atoms with Gasteiger partial charge in [0.1, 0.15) is 5.75 Å². The molecule has 0 saturated heterocycles. The predicted molar refractivity (Wildman–Crippen MR) is 63.6 cm³/mol. The van der Waals surface area contributed by atoms with Crippen LogP contribution in [-0.2, 0) is 6.54 Å². The lowest BCUT2D eigenvalue weighted by molar-refractivity contribution is 0.413. The number of hydrogen-bond donors (Lipinski definition) is 1. The van der Waals surface area contributed by atoms with E-state index in [0.717, 1.165) is 23.5 Å². The van der Waals surface area contributed by atoms with Gasteiger partial charge in [-0.05, 0) is 26.0 Å². The fraction of sp³-hybridized carbons (Fsp3) is 0.250. The highest BCUT2D eigenvalue weighted by Gasteiger charge is 2.07. The van der Waals surface area contributed by atoms with Crippen LogP contribution in [0.25, 0.3) is 0 Å². The summed E-state index contributed by atoms with van der Waals surface area (Å²) in [7, 11) is 0. The number of hydrogen-bond acceptors (Lipinski definition) is 3. The maximum absolute atomic E-state index is 5.81. The second-order valence-electron chi connectivity index (χ2n) is 3.57. The van der Waals surface area contributed by atoms with E-state index in [1.54, 1.807) is 6.20 Å². The zero-order chi connectivity index (χ0) is 11.5. The molecule has 2 N–H and O–H groups in total. The summed E-state index contributed by atoms with van der Waals surface area (Å²) < 4.78 is 7.66. The van der Waals surface area contributed by atoms with Crippen molar-refractivity contribution in [2.24, 2.45) is 0 Å². The van der Waals surface area contributed by atoms with Crippen LogP contribution in [0.4, 0.5) is 5.69 Å². The summed E-state index contributed by atoms with van der Waals surface area (Å²) in [5, 5.41) is 0. The van der Waals surface area contributed by atoms with Gasteiger partial charge in [0.25, 0.3) is 0 Å². The van der Waals surface area contributed by atoms with Crippen LogP contribution in [0.2, 0.25) is 0 Å². The Morgan fingerprint density at radius 2 is 2.25 bits per heavy atom. The minimum absolute atomic E-state index is 0.594. The highest BCUT2D eigenvalue weighted by molar-refractivity contribution is 5.53. The Morgan fingerprint density at radius 1 is 1.44 bits per heavy atom. The molecule has 4 nitrogen and oxygen atoms in total. The lowest BCUT2D eigenvalue weighted by Crippen LogP contribution is -1.99. The first-order valence-corrected chi connectivity index (χ1v) is 5.26. The van der Waals surface area contributed by atoms with Crippen LogP contribution >= 0.6 is 0 Å². The molecular formula is C12H15N3O. The van der Waals surface area contributed by atoms with Gasteiger partial charge < -0.3 is 15.0 Å². The fourth-order valence-corrected chi connectivity index (χ4v) is 1.48. The maximum Gasteiger partial charge on any atom is 0.301 e. The third-order valence-corrected chi connectivity index (χ3v) is 2.55. The first-order chi connectivity index (χ1) is 7.72. The monoisotopic (exact) mass is 217 g/mol. The molecule has 0 bridgehead atoms. The molecule has 0 aliphatic carbocycles. The highest BCUT2D eigenvalue weighted by Crippen LogP contribution is 2.27. The van der Waals surface area contributed by atoms with Gasteiger partial charge in [-0.3, -0.25) is 0 Å². The standard InChI is InChI=1S/C12H15N3O/c1-3-15-8-7-14-12(15)16-11-6-4-5-10(13)9(11)2/h4-8H,3,13H2,1-2H3. The van der Waals surface area contributed by atoms with Crippen LogP contribution in [0.15, 0.2) is 30.6 Å². The maximum atomic E-state index is 5.81. The normalized spacial score (nSPS) is 10.4. The third-order valence-electron chi connectivity index (χ3n) is 2.55. The van der Waals surface area contributed by atoms with Gasteiger partial charge in [-0.15, -0.1) is 0 Å². The Hall–Kier alpha value is -1.97. The molecule has 1 aromatic heterocycles. The van der Waals surface area contributed by atoms with Crippen LogP contribution in [0.1, 0.15) is 12.5 Å². The zero-order valence-electron chi connectivity index (χ0n) is 9.47. The van der Waals surface area contributed by atoms with Gasteiger partial charge in [-0.1, -0.05) is 6.07 Å². The topological polar surface area (TPSA) is 53.1 Å². The van der Waals surface area contributed by atoms with Crippen molar-refractivity contribution in [3.8, 4) is 11.8 Å². The first kappa shape index (κ1) is 10.5. The van der Waals surface area contributed by atoms with Crippen molar-refractivity contribution in [3.05, 3.63) is 36.2 Å². The molecule has 0 atom stereocenters. The van der Waals surface area contributed by atoms with E-state index in [4.69, 9.17) is 10.5 Å². The number of aryl methyl sites for hydroxylation is 1. The van der Waals surface area contributed by atoms with Gasteiger partial charge in [-0.25, -0.2) is 4.98 Å². The molecular weight excluding hydrogens is 202 g/mol. The number of nitrogens with two attached hydrogens (primary N) is 1. The molecule has 0 aliphatic heterocycles. The zero-order valence-corrected chi connectivity index (χ0v) is 9.47. The first-order valence-electron chi connectivity index (χ1n) is 5.26. The van der Waals surface area contributed by atoms with Gasteiger partial charge in [-0.2, -0.15) is 0 Å². The summed E-state index contributed by atoms with van der Waals surface area (Å²) >= 11 is 0. The van der Waals surface area contributed by atoms with E-state index in [9.17, 15) is 0 Å². The number of ether oxygens (including phenoxy) is 1. The molecule has 4 heteroatoms. The molecule has 1 heterocycles. The van der Waals surface area contributed by atoms with Crippen LogP contribution in [0.3, 0.4) is 0 Å². The number of nitrogen functional groups attached to an aromatic ring is 1. The van der Waals surface area contributed by atoms with Crippen LogP contribution in [0.5, 0.6) is 11.8 Å². The second kappa shape index (κ2) is 4.26. The van der Waals surface area contributed by atoms with Gasteiger partial charge >= 0.3 is 6.01 Å². The molecule has 0 saturated carbocycles. The molecule has 2 rings (SSSR count). The SMILES string of the molecule is CCn1ccnc1Oc1cccc(N)c1C. The summed E-state index contributed by atoms with van der Waals surface area (Å²) in [6.45, 7) is 4.81. The fourth-order valence-electron chi connectivity index (χ4n) is 1.48. The van der Waals surface area contributed by atoms with Crippen LogP contribution in [0, 0.1) is 6.92 Å². The Kier molecular flexibility index (Phi) is 2.81. The number of aromatic nitrogens is 2. The van der Waals surface area contributed by atoms with E-state index in [2.05, 4.69) is 4.98 Å². The molecule has 1 aromatic carbocycles. The minimum Gasteiger partial charge on any atom is -0.425 e. The smallest absolute Gasteiger partial charge is 0.301 e. The number of imidazole rings is 1. The van der Waals surface area contributed by atoms with Crippen molar-refractivity contribution < 1.29 is 4.74 Å².